The normalized spacial score (nSPS) is 17.1. The Morgan fingerprint density at radius 3 is 2.84 bits per heavy atom. The number of guanidine groups is 1. The highest BCUT2D eigenvalue weighted by Crippen LogP contribution is 2.18. The molecule has 3 rings (SSSR count). The smallest absolute Gasteiger partial charge is 0.221 e. The van der Waals surface area contributed by atoms with E-state index in [1.165, 1.54) is 11.1 Å². The summed E-state index contributed by atoms with van der Waals surface area (Å²) >= 11 is 0. The first-order valence-electron chi connectivity index (χ1n) is 10.3. The molecule has 0 aliphatic carbocycles. The molecule has 1 aliphatic rings. The number of aliphatic imine (C=N–C) groups is 1. The number of hydrogen-bond donors (Lipinski definition) is 2. The van der Waals surface area contributed by atoms with Crippen LogP contribution in [0.1, 0.15) is 29.8 Å². The number of benzene rings is 1. The summed E-state index contributed by atoms with van der Waals surface area (Å²) in [5.74, 6) is 1.45. The maximum atomic E-state index is 11.5. The fourth-order valence-corrected chi connectivity index (χ4v) is 3.84. The third-order valence-electron chi connectivity index (χ3n) is 5.51. The first kappa shape index (κ1) is 25.1. The van der Waals surface area contributed by atoms with Gasteiger partial charge in [-0.25, -0.2) is 4.98 Å². The number of likely N-dealkylation sites (tertiary alicyclic amines) is 1. The van der Waals surface area contributed by atoms with E-state index in [4.69, 9.17) is 5.73 Å². The molecule has 1 amide bonds. The van der Waals surface area contributed by atoms with E-state index in [0.29, 0.717) is 13.1 Å². The van der Waals surface area contributed by atoms with Crippen molar-refractivity contribution in [3.05, 3.63) is 47.5 Å². The number of primary amides is 1. The van der Waals surface area contributed by atoms with E-state index in [1.807, 2.05) is 19.0 Å². The number of nitrogens with zero attached hydrogens (tertiary/aromatic N) is 6. The summed E-state index contributed by atoms with van der Waals surface area (Å²) in [5, 5.41) is 7.52. The molecule has 0 spiro atoms. The molecule has 1 aromatic carbocycles. The molecule has 1 unspecified atom stereocenters. The molecule has 1 saturated heterocycles. The molecular weight excluding hydrogens is 507 g/mol. The largest absolute Gasteiger partial charge is 0.369 e. The van der Waals surface area contributed by atoms with E-state index in [9.17, 15) is 4.79 Å². The number of piperidine rings is 1. The lowest BCUT2D eigenvalue weighted by molar-refractivity contribution is -0.123. The Hall–Kier alpha value is -2.21. The summed E-state index contributed by atoms with van der Waals surface area (Å²) in [6.45, 7) is 3.88. The average molecular weight is 540 g/mol. The predicted octanol–water partition coefficient (Wildman–Crippen LogP) is 1.34. The molecule has 1 aromatic heterocycles. The Bertz CT molecular complexity index is 884. The molecule has 170 valence electrons. The quantitative estimate of drug-likeness (QED) is 0.312. The SMILES string of the molecule is CN=C(NCc1cccc(CN2CCCC(C(N)=O)C2)c1)N(C)Cc1ncnn1C.I. The number of nitrogens with two attached hydrogens (primary N) is 1. The van der Waals surface area contributed by atoms with Crippen LogP contribution in [-0.2, 0) is 31.5 Å². The van der Waals surface area contributed by atoms with Gasteiger partial charge in [-0.15, -0.1) is 24.0 Å². The van der Waals surface area contributed by atoms with Crippen molar-refractivity contribution < 1.29 is 4.79 Å². The van der Waals surface area contributed by atoms with Crippen molar-refractivity contribution in [2.45, 2.75) is 32.5 Å². The first-order chi connectivity index (χ1) is 14.5. The zero-order chi connectivity index (χ0) is 21.5. The van der Waals surface area contributed by atoms with Crippen LogP contribution in [0.3, 0.4) is 0 Å². The van der Waals surface area contributed by atoms with Crippen LogP contribution in [0.2, 0.25) is 0 Å². The number of carbonyl (C=O) groups is 1. The number of carbonyl (C=O) groups excluding carboxylic acids is 1. The topological polar surface area (TPSA) is 105 Å². The number of hydrogen-bond acceptors (Lipinski definition) is 5. The van der Waals surface area contributed by atoms with Gasteiger partial charge in [-0.3, -0.25) is 19.4 Å². The van der Waals surface area contributed by atoms with Crippen LogP contribution in [0.5, 0.6) is 0 Å². The molecule has 2 heterocycles. The number of amides is 1. The second-order valence-electron chi connectivity index (χ2n) is 7.85. The average Bonchev–Trinajstić information content (AvgIpc) is 3.13. The Morgan fingerprint density at radius 1 is 1.39 bits per heavy atom. The summed E-state index contributed by atoms with van der Waals surface area (Å²) in [5.41, 5.74) is 7.93. The Morgan fingerprint density at radius 2 is 2.16 bits per heavy atom. The van der Waals surface area contributed by atoms with Gasteiger partial charge in [-0.2, -0.15) is 5.10 Å². The van der Waals surface area contributed by atoms with E-state index in [-0.39, 0.29) is 35.8 Å². The van der Waals surface area contributed by atoms with Crippen molar-refractivity contribution in [3.8, 4) is 0 Å². The van der Waals surface area contributed by atoms with Gasteiger partial charge in [0, 0.05) is 40.8 Å². The number of halogens is 1. The van der Waals surface area contributed by atoms with E-state index < -0.39 is 0 Å². The number of rotatable bonds is 7. The van der Waals surface area contributed by atoms with Gasteiger partial charge in [-0.1, -0.05) is 24.3 Å². The van der Waals surface area contributed by atoms with Gasteiger partial charge in [0.2, 0.25) is 5.91 Å². The fourth-order valence-electron chi connectivity index (χ4n) is 3.84. The summed E-state index contributed by atoms with van der Waals surface area (Å²) in [6.07, 6.45) is 3.47. The lowest BCUT2D eigenvalue weighted by Gasteiger charge is -2.31. The maximum Gasteiger partial charge on any atom is 0.221 e. The summed E-state index contributed by atoms with van der Waals surface area (Å²) in [4.78, 5) is 24.5. The van der Waals surface area contributed by atoms with E-state index >= 15 is 0 Å². The van der Waals surface area contributed by atoms with Gasteiger partial charge in [0.05, 0.1) is 12.5 Å². The summed E-state index contributed by atoms with van der Waals surface area (Å²) in [6, 6.07) is 8.52. The van der Waals surface area contributed by atoms with Gasteiger partial charge < -0.3 is 16.0 Å². The molecule has 10 heteroatoms. The fraction of sp³-hybridized carbons (Fsp3) is 0.524. The lowest BCUT2D eigenvalue weighted by Crippen LogP contribution is -2.40. The zero-order valence-corrected chi connectivity index (χ0v) is 20.8. The van der Waals surface area contributed by atoms with Crippen molar-refractivity contribution in [2.24, 2.45) is 23.7 Å². The highest BCUT2D eigenvalue weighted by Gasteiger charge is 2.23. The van der Waals surface area contributed by atoms with Gasteiger partial charge in [-0.05, 0) is 30.5 Å². The van der Waals surface area contributed by atoms with Gasteiger partial charge in [0.25, 0.3) is 0 Å². The van der Waals surface area contributed by atoms with Crippen molar-refractivity contribution in [3.63, 3.8) is 0 Å². The molecular formula is C21H33IN8O. The van der Waals surface area contributed by atoms with Crippen molar-refractivity contribution in [1.29, 1.82) is 0 Å². The lowest BCUT2D eigenvalue weighted by atomic mass is 9.97. The minimum Gasteiger partial charge on any atom is -0.369 e. The number of aryl methyl sites for hydroxylation is 1. The molecule has 9 nitrogen and oxygen atoms in total. The maximum absolute atomic E-state index is 11.5. The second-order valence-corrected chi connectivity index (χ2v) is 7.85. The van der Waals surface area contributed by atoms with Crippen molar-refractivity contribution in [2.75, 3.05) is 27.2 Å². The highest BCUT2D eigenvalue weighted by atomic mass is 127. The van der Waals surface area contributed by atoms with E-state index in [2.05, 4.69) is 49.6 Å². The first-order valence-corrected chi connectivity index (χ1v) is 10.3. The van der Waals surface area contributed by atoms with Crippen LogP contribution < -0.4 is 11.1 Å². The van der Waals surface area contributed by atoms with Crippen LogP contribution in [0.25, 0.3) is 0 Å². The second kappa shape index (κ2) is 12.0. The van der Waals surface area contributed by atoms with Crippen LogP contribution in [0.4, 0.5) is 0 Å². The van der Waals surface area contributed by atoms with Crippen molar-refractivity contribution >= 4 is 35.8 Å². The Labute approximate surface area is 201 Å². The monoisotopic (exact) mass is 540 g/mol. The number of aromatic nitrogens is 3. The van der Waals surface area contributed by atoms with E-state index in [1.54, 1.807) is 18.1 Å². The highest BCUT2D eigenvalue weighted by molar-refractivity contribution is 14.0. The molecule has 2 aromatic rings. The van der Waals surface area contributed by atoms with Crippen molar-refractivity contribution in [1.82, 2.24) is 29.9 Å². The van der Waals surface area contributed by atoms with Gasteiger partial charge in [0.1, 0.15) is 12.2 Å². The van der Waals surface area contributed by atoms with Gasteiger partial charge in [0.15, 0.2) is 5.96 Å². The Balaban J connectivity index is 0.00000341. The minimum atomic E-state index is -0.186. The van der Waals surface area contributed by atoms with Crippen LogP contribution >= 0.6 is 24.0 Å². The molecule has 0 bridgehead atoms. The summed E-state index contributed by atoms with van der Waals surface area (Å²) in [7, 11) is 5.63. The molecule has 3 N–H and O–H groups in total. The molecule has 1 fully saturated rings. The molecule has 1 atom stereocenters. The predicted molar refractivity (Wildman–Crippen MR) is 132 cm³/mol. The number of nitrogens with one attached hydrogen (secondary N) is 1. The minimum absolute atomic E-state index is 0. The third kappa shape index (κ3) is 7.17. The van der Waals surface area contributed by atoms with Crippen LogP contribution in [0, 0.1) is 5.92 Å². The molecule has 0 saturated carbocycles. The third-order valence-corrected chi connectivity index (χ3v) is 5.51. The van der Waals surface area contributed by atoms with Gasteiger partial charge >= 0.3 is 0 Å². The van der Waals surface area contributed by atoms with E-state index in [0.717, 1.165) is 44.3 Å². The molecule has 1 aliphatic heterocycles. The van der Waals surface area contributed by atoms with Crippen LogP contribution in [0.15, 0.2) is 35.6 Å². The molecule has 0 radical (unpaired) electrons. The van der Waals surface area contributed by atoms with Crippen LogP contribution in [-0.4, -0.2) is 63.6 Å². The summed E-state index contributed by atoms with van der Waals surface area (Å²) < 4.78 is 1.76. The standard InChI is InChI=1S/C21H32N8O.HI/c1-23-21(27(2)14-19-25-15-26-28(19)3)24-11-16-6-4-7-17(10-16)12-29-9-5-8-18(13-29)20(22)30;/h4,6-7,10,15,18H,5,8-9,11-14H2,1-3H3,(H2,22,30)(H,23,24);1H. The molecule has 31 heavy (non-hydrogen) atoms. The Kier molecular flexibility index (Phi) is 9.69. The zero-order valence-electron chi connectivity index (χ0n) is 18.5.